The second-order valence-corrected chi connectivity index (χ2v) is 8.47. The van der Waals surface area contributed by atoms with Crippen LogP contribution in [0.4, 0.5) is 15.8 Å². The average Bonchev–Trinajstić information content (AvgIpc) is 3.43. The Morgan fingerprint density at radius 1 is 1.15 bits per heavy atom. The summed E-state index contributed by atoms with van der Waals surface area (Å²) in [6, 6.07) is 5.07. The van der Waals surface area contributed by atoms with Gasteiger partial charge in [0.05, 0.1) is 16.9 Å². The SMILES string of the molecule is CCC.CCn1cc2c(N3CCNCC3)ccc(C(=O)Nc3cc(F)c4nc(C)cn4c3)c2n1. The molecule has 1 aromatic carbocycles. The van der Waals surface area contributed by atoms with Gasteiger partial charge in [0, 0.05) is 68.5 Å². The summed E-state index contributed by atoms with van der Waals surface area (Å²) in [5, 5.41) is 11.8. The summed E-state index contributed by atoms with van der Waals surface area (Å²) in [4.78, 5) is 19.6. The van der Waals surface area contributed by atoms with Crippen LogP contribution in [0.5, 0.6) is 0 Å². The first kappa shape index (κ1) is 23.7. The number of hydrogen-bond donors (Lipinski definition) is 2. The number of halogens is 1. The molecule has 1 saturated heterocycles. The van der Waals surface area contributed by atoms with Gasteiger partial charge in [-0.15, -0.1) is 0 Å². The molecule has 34 heavy (non-hydrogen) atoms. The van der Waals surface area contributed by atoms with Crippen molar-refractivity contribution in [1.82, 2.24) is 24.5 Å². The molecule has 4 heterocycles. The lowest BCUT2D eigenvalue weighted by molar-refractivity contribution is 0.102. The van der Waals surface area contributed by atoms with Crippen molar-refractivity contribution in [3.8, 4) is 0 Å². The molecule has 0 radical (unpaired) electrons. The van der Waals surface area contributed by atoms with E-state index in [4.69, 9.17) is 0 Å². The quantitative estimate of drug-likeness (QED) is 0.472. The lowest BCUT2D eigenvalue weighted by atomic mass is 10.1. The van der Waals surface area contributed by atoms with Crippen LogP contribution in [0.15, 0.2) is 36.8 Å². The van der Waals surface area contributed by atoms with Gasteiger partial charge >= 0.3 is 0 Å². The summed E-state index contributed by atoms with van der Waals surface area (Å²) >= 11 is 0. The molecule has 0 spiro atoms. The molecule has 4 aromatic rings. The fourth-order valence-electron chi connectivity index (χ4n) is 4.11. The van der Waals surface area contributed by atoms with E-state index in [0.717, 1.165) is 37.3 Å². The highest BCUT2D eigenvalue weighted by atomic mass is 19.1. The molecule has 0 aliphatic carbocycles. The number of anilines is 2. The summed E-state index contributed by atoms with van der Waals surface area (Å²) in [6.45, 7) is 12.4. The lowest BCUT2D eigenvalue weighted by Crippen LogP contribution is -2.43. The highest BCUT2D eigenvalue weighted by molar-refractivity contribution is 6.13. The normalized spacial score (nSPS) is 13.7. The number of fused-ring (bicyclic) bond motifs is 2. The molecule has 0 atom stereocenters. The van der Waals surface area contributed by atoms with Gasteiger partial charge in [-0.05, 0) is 26.0 Å². The number of amides is 1. The monoisotopic (exact) mass is 465 g/mol. The maximum atomic E-state index is 14.4. The summed E-state index contributed by atoms with van der Waals surface area (Å²) in [5.74, 6) is -0.811. The van der Waals surface area contributed by atoms with Crippen LogP contribution in [0.2, 0.25) is 0 Å². The van der Waals surface area contributed by atoms with Gasteiger partial charge in [-0.3, -0.25) is 9.48 Å². The third-order valence-electron chi connectivity index (χ3n) is 5.61. The zero-order chi connectivity index (χ0) is 24.2. The number of benzene rings is 1. The zero-order valence-electron chi connectivity index (χ0n) is 20.2. The Bertz CT molecular complexity index is 1300. The minimum absolute atomic E-state index is 0.236. The summed E-state index contributed by atoms with van der Waals surface area (Å²) < 4.78 is 17.8. The summed E-state index contributed by atoms with van der Waals surface area (Å²) in [6.07, 6.45) is 6.62. The molecule has 1 fully saturated rings. The fourth-order valence-corrected chi connectivity index (χ4v) is 4.11. The average molecular weight is 466 g/mol. The van der Waals surface area contributed by atoms with Crippen molar-refractivity contribution in [1.29, 1.82) is 0 Å². The molecule has 9 heteroatoms. The number of hydrogen-bond acceptors (Lipinski definition) is 5. The predicted octanol–water partition coefficient (Wildman–Crippen LogP) is 4.23. The highest BCUT2D eigenvalue weighted by Gasteiger charge is 2.20. The van der Waals surface area contributed by atoms with Crippen molar-refractivity contribution in [3.63, 3.8) is 0 Å². The summed E-state index contributed by atoms with van der Waals surface area (Å²) in [5.41, 5.74) is 3.49. The Hall–Kier alpha value is -3.46. The molecule has 2 N–H and O–H groups in total. The fraction of sp³-hybridized carbons (Fsp3) is 0.400. The number of carbonyl (C=O) groups is 1. The van der Waals surface area contributed by atoms with Crippen molar-refractivity contribution in [2.24, 2.45) is 0 Å². The molecular weight excluding hydrogens is 433 g/mol. The molecule has 180 valence electrons. The maximum absolute atomic E-state index is 14.4. The Balaban J connectivity index is 0.000000868. The predicted molar refractivity (Wildman–Crippen MR) is 134 cm³/mol. The number of pyridine rings is 1. The van der Waals surface area contributed by atoms with E-state index in [1.54, 1.807) is 29.8 Å². The van der Waals surface area contributed by atoms with Crippen LogP contribution in [0, 0.1) is 12.7 Å². The van der Waals surface area contributed by atoms with Gasteiger partial charge in [-0.2, -0.15) is 5.10 Å². The van der Waals surface area contributed by atoms with E-state index in [1.807, 2.05) is 23.9 Å². The van der Waals surface area contributed by atoms with Gasteiger partial charge in [-0.1, -0.05) is 20.3 Å². The topological polar surface area (TPSA) is 79.5 Å². The van der Waals surface area contributed by atoms with Crippen LogP contribution in [-0.2, 0) is 6.54 Å². The third-order valence-corrected chi connectivity index (χ3v) is 5.61. The van der Waals surface area contributed by atoms with Gasteiger partial charge in [0.1, 0.15) is 5.52 Å². The van der Waals surface area contributed by atoms with E-state index in [1.165, 1.54) is 12.5 Å². The molecule has 0 saturated carbocycles. The molecule has 0 bridgehead atoms. The molecule has 8 nitrogen and oxygen atoms in total. The Morgan fingerprint density at radius 2 is 1.88 bits per heavy atom. The Kier molecular flexibility index (Phi) is 7.12. The van der Waals surface area contributed by atoms with Crippen molar-refractivity contribution < 1.29 is 9.18 Å². The standard InChI is InChI=1S/C22H24FN7O.C3H8/c1-3-30-13-17-19(28-8-6-24-7-9-28)5-4-16(20(17)27-30)22(31)26-15-10-18(23)21-25-14(2)11-29(21)12-15;1-3-2/h4-5,10-13,24H,3,6-9H2,1-2H3,(H,26,31);3H2,1-2H3. The minimum Gasteiger partial charge on any atom is -0.368 e. The number of aryl methyl sites for hydroxylation is 2. The first-order chi connectivity index (χ1) is 16.4. The van der Waals surface area contributed by atoms with E-state index in [2.05, 4.69) is 39.5 Å². The van der Waals surface area contributed by atoms with Crippen LogP contribution in [0.3, 0.4) is 0 Å². The number of aromatic nitrogens is 4. The van der Waals surface area contributed by atoms with Crippen LogP contribution in [0.1, 0.15) is 43.2 Å². The molecule has 5 rings (SSSR count). The number of carbonyl (C=O) groups excluding carboxylic acids is 1. The zero-order valence-corrected chi connectivity index (χ0v) is 20.2. The van der Waals surface area contributed by atoms with E-state index >= 15 is 0 Å². The number of imidazole rings is 1. The van der Waals surface area contributed by atoms with Gasteiger partial charge in [0.2, 0.25) is 0 Å². The van der Waals surface area contributed by atoms with Gasteiger partial charge < -0.3 is 19.9 Å². The second-order valence-electron chi connectivity index (χ2n) is 8.47. The van der Waals surface area contributed by atoms with Crippen molar-refractivity contribution in [2.75, 3.05) is 36.4 Å². The number of rotatable bonds is 4. The van der Waals surface area contributed by atoms with Crippen LogP contribution in [0.25, 0.3) is 16.6 Å². The first-order valence-electron chi connectivity index (χ1n) is 11.9. The van der Waals surface area contributed by atoms with Gasteiger partial charge in [0.25, 0.3) is 5.91 Å². The van der Waals surface area contributed by atoms with Crippen LogP contribution >= 0.6 is 0 Å². The van der Waals surface area contributed by atoms with Crippen LogP contribution < -0.4 is 15.5 Å². The smallest absolute Gasteiger partial charge is 0.257 e. The van der Waals surface area contributed by atoms with E-state index in [-0.39, 0.29) is 11.6 Å². The highest BCUT2D eigenvalue weighted by Crippen LogP contribution is 2.30. The second kappa shape index (κ2) is 10.2. The van der Waals surface area contributed by atoms with E-state index in [0.29, 0.717) is 29.0 Å². The first-order valence-corrected chi connectivity index (χ1v) is 11.9. The Morgan fingerprint density at radius 3 is 2.59 bits per heavy atom. The van der Waals surface area contributed by atoms with Crippen LogP contribution in [-0.4, -0.2) is 51.3 Å². The maximum Gasteiger partial charge on any atom is 0.257 e. The van der Waals surface area contributed by atoms with E-state index < -0.39 is 5.82 Å². The molecule has 0 unspecified atom stereocenters. The van der Waals surface area contributed by atoms with E-state index in [9.17, 15) is 9.18 Å². The third kappa shape index (κ3) is 4.75. The van der Waals surface area contributed by atoms with Crippen molar-refractivity contribution in [3.05, 3.63) is 53.9 Å². The molecular formula is C25H32FN7O. The van der Waals surface area contributed by atoms with Crippen molar-refractivity contribution >= 4 is 33.8 Å². The summed E-state index contributed by atoms with van der Waals surface area (Å²) in [7, 11) is 0. The molecule has 3 aromatic heterocycles. The molecule has 1 aliphatic heterocycles. The Labute approximate surface area is 198 Å². The number of nitrogens with one attached hydrogen (secondary N) is 2. The lowest BCUT2D eigenvalue weighted by Gasteiger charge is -2.30. The largest absolute Gasteiger partial charge is 0.368 e. The van der Waals surface area contributed by atoms with Gasteiger partial charge in [-0.25, -0.2) is 9.37 Å². The minimum atomic E-state index is -0.486. The number of piperazine rings is 1. The molecule has 1 amide bonds. The number of nitrogens with zero attached hydrogens (tertiary/aromatic N) is 5. The van der Waals surface area contributed by atoms with Gasteiger partial charge in [0.15, 0.2) is 11.5 Å². The molecule has 1 aliphatic rings. The van der Waals surface area contributed by atoms with Crippen molar-refractivity contribution in [2.45, 2.75) is 40.7 Å².